The number of aromatic nitrogens is 1. The van der Waals surface area contributed by atoms with Crippen molar-refractivity contribution in [2.45, 2.75) is 33.1 Å². The van der Waals surface area contributed by atoms with Gasteiger partial charge in [0.05, 0.1) is 5.75 Å². The van der Waals surface area contributed by atoms with Crippen molar-refractivity contribution < 1.29 is 8.42 Å². The molecule has 0 spiro atoms. The Morgan fingerprint density at radius 2 is 2.05 bits per heavy atom. The molecule has 0 saturated carbocycles. The standard InChI is InChI=1S/C13H22BrN3O2S/c1-3-6-15-7-4-5-8-20(18,19)17-13-11(2)9-12(14)10-16-13/h9-10,15H,3-8H2,1-2H3,(H,16,17). The van der Waals surface area contributed by atoms with Crippen LogP contribution in [0.4, 0.5) is 5.82 Å². The van der Waals surface area contributed by atoms with Gasteiger partial charge in [-0.2, -0.15) is 0 Å². The van der Waals surface area contributed by atoms with Gasteiger partial charge in [0.15, 0.2) is 0 Å². The molecule has 0 fully saturated rings. The Kier molecular flexibility index (Phi) is 7.47. The van der Waals surface area contributed by atoms with Crippen molar-refractivity contribution in [1.29, 1.82) is 0 Å². The zero-order chi connectivity index (χ0) is 15.0. The quantitative estimate of drug-likeness (QED) is 0.661. The van der Waals surface area contributed by atoms with Gasteiger partial charge in [-0.1, -0.05) is 6.92 Å². The van der Waals surface area contributed by atoms with Gasteiger partial charge in [-0.25, -0.2) is 13.4 Å². The number of sulfonamides is 1. The maximum Gasteiger partial charge on any atom is 0.233 e. The predicted molar refractivity (Wildman–Crippen MR) is 86.5 cm³/mol. The minimum atomic E-state index is -3.32. The molecule has 0 atom stereocenters. The van der Waals surface area contributed by atoms with E-state index >= 15 is 0 Å². The van der Waals surface area contributed by atoms with Crippen LogP contribution >= 0.6 is 15.9 Å². The third-order valence-electron chi connectivity index (χ3n) is 2.74. The minimum Gasteiger partial charge on any atom is -0.317 e. The Balaban J connectivity index is 2.41. The first-order chi connectivity index (χ1) is 9.44. The van der Waals surface area contributed by atoms with Gasteiger partial charge in [-0.3, -0.25) is 4.72 Å². The molecule has 0 aliphatic rings. The zero-order valence-corrected chi connectivity index (χ0v) is 14.3. The van der Waals surface area contributed by atoms with Crippen molar-refractivity contribution in [3.63, 3.8) is 0 Å². The zero-order valence-electron chi connectivity index (χ0n) is 11.9. The van der Waals surface area contributed by atoms with E-state index in [1.54, 1.807) is 6.20 Å². The van der Waals surface area contributed by atoms with E-state index in [1.165, 1.54) is 0 Å². The number of unbranched alkanes of at least 4 members (excludes halogenated alkanes) is 1. The fourth-order valence-electron chi connectivity index (χ4n) is 1.69. The summed E-state index contributed by atoms with van der Waals surface area (Å²) in [6.07, 6.45) is 4.17. The lowest BCUT2D eigenvalue weighted by Gasteiger charge is -2.10. The molecule has 1 aromatic rings. The van der Waals surface area contributed by atoms with Crippen LogP contribution in [0.25, 0.3) is 0 Å². The van der Waals surface area contributed by atoms with Crippen molar-refractivity contribution in [2.75, 3.05) is 23.6 Å². The normalized spacial score (nSPS) is 11.6. The average Bonchev–Trinajstić information content (AvgIpc) is 2.37. The monoisotopic (exact) mass is 363 g/mol. The molecule has 0 amide bonds. The summed E-state index contributed by atoms with van der Waals surface area (Å²) < 4.78 is 27.3. The molecule has 0 bridgehead atoms. The van der Waals surface area contributed by atoms with Crippen LogP contribution in [0, 0.1) is 6.92 Å². The number of nitrogens with zero attached hydrogens (tertiary/aromatic N) is 1. The van der Waals surface area contributed by atoms with Gasteiger partial charge in [-0.15, -0.1) is 0 Å². The highest BCUT2D eigenvalue weighted by atomic mass is 79.9. The third-order valence-corrected chi connectivity index (χ3v) is 4.50. The van der Waals surface area contributed by atoms with E-state index in [0.29, 0.717) is 12.2 Å². The van der Waals surface area contributed by atoms with Crippen molar-refractivity contribution in [3.05, 3.63) is 22.3 Å². The fourth-order valence-corrected chi connectivity index (χ4v) is 3.33. The number of pyridine rings is 1. The molecule has 0 saturated heterocycles. The maximum absolute atomic E-state index is 11.9. The van der Waals surface area contributed by atoms with Crippen LogP contribution in [0.2, 0.25) is 0 Å². The van der Waals surface area contributed by atoms with Crippen LogP contribution in [-0.4, -0.2) is 32.2 Å². The second kappa shape index (κ2) is 8.59. The minimum absolute atomic E-state index is 0.123. The largest absolute Gasteiger partial charge is 0.317 e. The molecule has 7 heteroatoms. The van der Waals surface area contributed by atoms with E-state index < -0.39 is 10.0 Å². The number of anilines is 1. The number of halogens is 1. The Morgan fingerprint density at radius 1 is 1.30 bits per heavy atom. The lowest BCUT2D eigenvalue weighted by Crippen LogP contribution is -2.20. The van der Waals surface area contributed by atoms with Gasteiger partial charge in [0, 0.05) is 10.7 Å². The lowest BCUT2D eigenvalue weighted by molar-refractivity contribution is 0.590. The summed E-state index contributed by atoms with van der Waals surface area (Å²) in [6.45, 7) is 5.77. The number of aryl methyl sites for hydroxylation is 1. The van der Waals surface area contributed by atoms with Crippen LogP contribution in [0.5, 0.6) is 0 Å². The van der Waals surface area contributed by atoms with Gasteiger partial charge in [0.25, 0.3) is 0 Å². The summed E-state index contributed by atoms with van der Waals surface area (Å²) in [7, 11) is -3.32. The Bertz CT molecular complexity index is 520. The van der Waals surface area contributed by atoms with Crippen molar-refractivity contribution >= 4 is 31.8 Å². The molecule has 1 heterocycles. The van der Waals surface area contributed by atoms with Gasteiger partial charge in [-0.05, 0) is 66.8 Å². The maximum atomic E-state index is 11.9. The number of hydrogen-bond acceptors (Lipinski definition) is 4. The molecule has 0 radical (unpaired) electrons. The SMILES string of the molecule is CCCNCCCCS(=O)(=O)Nc1ncc(Br)cc1C. The molecule has 1 rings (SSSR count). The predicted octanol–water partition coefficient (Wildman–Crippen LogP) is 2.67. The number of rotatable bonds is 9. The fraction of sp³-hybridized carbons (Fsp3) is 0.615. The highest BCUT2D eigenvalue weighted by molar-refractivity contribution is 9.10. The van der Waals surface area contributed by atoms with E-state index in [9.17, 15) is 8.42 Å². The first-order valence-electron chi connectivity index (χ1n) is 6.78. The van der Waals surface area contributed by atoms with Crippen LogP contribution in [-0.2, 0) is 10.0 Å². The number of nitrogens with one attached hydrogen (secondary N) is 2. The molecule has 1 aromatic heterocycles. The van der Waals surface area contributed by atoms with Crippen LogP contribution in [0.15, 0.2) is 16.7 Å². The summed E-state index contributed by atoms with van der Waals surface area (Å²) in [5.41, 5.74) is 0.799. The molecular formula is C13H22BrN3O2S. The summed E-state index contributed by atoms with van der Waals surface area (Å²) in [6, 6.07) is 1.83. The summed E-state index contributed by atoms with van der Waals surface area (Å²) in [5.74, 6) is 0.523. The average molecular weight is 364 g/mol. The van der Waals surface area contributed by atoms with Crippen LogP contribution in [0.1, 0.15) is 31.7 Å². The Labute approximate surface area is 129 Å². The number of hydrogen-bond donors (Lipinski definition) is 2. The van der Waals surface area contributed by atoms with Crippen molar-refractivity contribution in [1.82, 2.24) is 10.3 Å². The van der Waals surface area contributed by atoms with E-state index in [2.05, 4.69) is 37.9 Å². The molecule has 0 aliphatic carbocycles. The molecule has 2 N–H and O–H groups in total. The molecular weight excluding hydrogens is 342 g/mol. The highest BCUT2D eigenvalue weighted by Crippen LogP contribution is 2.18. The van der Waals surface area contributed by atoms with Crippen molar-refractivity contribution in [2.24, 2.45) is 0 Å². The topological polar surface area (TPSA) is 71.1 Å². The second-order valence-electron chi connectivity index (χ2n) is 4.70. The lowest BCUT2D eigenvalue weighted by atomic mass is 10.3. The highest BCUT2D eigenvalue weighted by Gasteiger charge is 2.12. The van der Waals surface area contributed by atoms with Gasteiger partial charge in [0.1, 0.15) is 5.82 Å². The Hall–Kier alpha value is -0.660. The van der Waals surface area contributed by atoms with E-state index in [0.717, 1.165) is 36.0 Å². The smallest absolute Gasteiger partial charge is 0.233 e. The van der Waals surface area contributed by atoms with E-state index in [4.69, 9.17) is 0 Å². The molecule has 114 valence electrons. The summed E-state index contributed by atoms with van der Waals surface area (Å²) in [5, 5.41) is 3.25. The first-order valence-corrected chi connectivity index (χ1v) is 9.22. The molecule has 20 heavy (non-hydrogen) atoms. The third kappa shape index (κ3) is 6.67. The van der Waals surface area contributed by atoms with Crippen molar-refractivity contribution in [3.8, 4) is 0 Å². The van der Waals surface area contributed by atoms with Crippen LogP contribution < -0.4 is 10.0 Å². The second-order valence-corrected chi connectivity index (χ2v) is 7.45. The molecule has 5 nitrogen and oxygen atoms in total. The first kappa shape index (κ1) is 17.4. The van der Waals surface area contributed by atoms with Crippen LogP contribution in [0.3, 0.4) is 0 Å². The van der Waals surface area contributed by atoms with Gasteiger partial charge >= 0.3 is 0 Å². The summed E-state index contributed by atoms with van der Waals surface area (Å²) >= 11 is 3.30. The van der Waals surface area contributed by atoms with E-state index in [1.807, 2.05) is 13.0 Å². The molecule has 0 aliphatic heterocycles. The van der Waals surface area contributed by atoms with Gasteiger partial charge < -0.3 is 5.32 Å². The molecule has 0 aromatic carbocycles. The molecule has 0 unspecified atom stereocenters. The Morgan fingerprint density at radius 3 is 2.70 bits per heavy atom. The summed E-state index contributed by atoms with van der Waals surface area (Å²) in [4.78, 5) is 4.08. The van der Waals surface area contributed by atoms with Gasteiger partial charge in [0.2, 0.25) is 10.0 Å². The van der Waals surface area contributed by atoms with E-state index in [-0.39, 0.29) is 5.75 Å².